The van der Waals surface area contributed by atoms with Gasteiger partial charge in [0.2, 0.25) is 10.0 Å². The number of benzene rings is 1. The standard InChI is InChI=1S/C21H24N2O4S2/c1-3-23(4-2)29(25,26)20-11-5-8-17(14-20)21(24)22(15-18-9-6-12-27-18)16-19-10-7-13-28-19/h5-14H,3-4,15-16H2,1-2H3. The maximum absolute atomic E-state index is 13.3. The Morgan fingerprint density at radius 1 is 1.03 bits per heavy atom. The number of nitrogens with zero attached hydrogens (tertiary/aromatic N) is 2. The predicted molar refractivity (Wildman–Crippen MR) is 113 cm³/mol. The van der Waals surface area contributed by atoms with Crippen molar-refractivity contribution in [3.05, 3.63) is 76.4 Å². The molecule has 2 aromatic heterocycles. The Balaban J connectivity index is 1.91. The number of hydrogen-bond acceptors (Lipinski definition) is 5. The van der Waals surface area contributed by atoms with E-state index in [0.717, 1.165) is 4.88 Å². The van der Waals surface area contributed by atoms with Gasteiger partial charge in [0, 0.05) is 23.5 Å². The van der Waals surface area contributed by atoms with Crippen LogP contribution >= 0.6 is 11.3 Å². The normalized spacial score (nSPS) is 11.7. The second-order valence-corrected chi connectivity index (χ2v) is 9.41. The van der Waals surface area contributed by atoms with E-state index in [1.807, 2.05) is 23.6 Å². The smallest absolute Gasteiger partial charge is 0.254 e. The zero-order valence-corrected chi connectivity index (χ0v) is 18.1. The lowest BCUT2D eigenvalue weighted by Crippen LogP contribution is -2.32. The molecule has 8 heteroatoms. The fraction of sp³-hybridized carbons (Fsp3) is 0.286. The van der Waals surface area contributed by atoms with Crippen LogP contribution in [0.1, 0.15) is 34.8 Å². The van der Waals surface area contributed by atoms with Crippen molar-refractivity contribution in [1.82, 2.24) is 9.21 Å². The molecule has 0 unspecified atom stereocenters. The zero-order valence-electron chi connectivity index (χ0n) is 16.4. The molecule has 0 aliphatic rings. The molecule has 1 aromatic carbocycles. The van der Waals surface area contributed by atoms with E-state index in [2.05, 4.69) is 0 Å². The number of amides is 1. The van der Waals surface area contributed by atoms with Gasteiger partial charge in [0.05, 0.1) is 24.2 Å². The Labute approximate surface area is 175 Å². The van der Waals surface area contributed by atoms with Crippen molar-refractivity contribution in [1.29, 1.82) is 0 Å². The lowest BCUT2D eigenvalue weighted by atomic mass is 10.2. The molecule has 2 heterocycles. The van der Waals surface area contributed by atoms with Gasteiger partial charge in [-0.1, -0.05) is 26.0 Å². The highest BCUT2D eigenvalue weighted by molar-refractivity contribution is 7.89. The van der Waals surface area contributed by atoms with E-state index in [4.69, 9.17) is 4.42 Å². The maximum Gasteiger partial charge on any atom is 0.254 e. The molecule has 1 amide bonds. The van der Waals surface area contributed by atoms with Crippen molar-refractivity contribution in [2.24, 2.45) is 0 Å². The first-order valence-electron chi connectivity index (χ1n) is 9.40. The molecule has 29 heavy (non-hydrogen) atoms. The highest BCUT2D eigenvalue weighted by Crippen LogP contribution is 2.21. The summed E-state index contributed by atoms with van der Waals surface area (Å²) in [5.41, 5.74) is 0.335. The summed E-state index contributed by atoms with van der Waals surface area (Å²) in [7, 11) is -3.64. The first-order valence-corrected chi connectivity index (χ1v) is 11.7. The molecule has 0 aliphatic heterocycles. The summed E-state index contributed by atoms with van der Waals surface area (Å²) < 4.78 is 32.5. The molecule has 0 atom stereocenters. The second kappa shape index (κ2) is 9.39. The van der Waals surface area contributed by atoms with Gasteiger partial charge in [-0.25, -0.2) is 8.42 Å². The van der Waals surface area contributed by atoms with E-state index in [1.54, 1.807) is 54.5 Å². The monoisotopic (exact) mass is 432 g/mol. The fourth-order valence-corrected chi connectivity index (χ4v) is 5.29. The van der Waals surface area contributed by atoms with Crippen molar-refractivity contribution in [2.45, 2.75) is 31.8 Å². The molecular formula is C21H24N2O4S2. The van der Waals surface area contributed by atoms with Crippen LogP contribution in [-0.2, 0) is 23.1 Å². The minimum atomic E-state index is -3.64. The van der Waals surface area contributed by atoms with Gasteiger partial charge in [-0.05, 0) is 41.8 Å². The molecule has 0 fully saturated rings. The van der Waals surface area contributed by atoms with Gasteiger partial charge < -0.3 is 9.32 Å². The molecule has 6 nitrogen and oxygen atoms in total. The average Bonchev–Trinajstić information content (AvgIpc) is 3.42. The summed E-state index contributed by atoms with van der Waals surface area (Å²) in [6, 6.07) is 13.7. The van der Waals surface area contributed by atoms with E-state index in [-0.39, 0.29) is 10.8 Å². The van der Waals surface area contributed by atoms with Crippen LogP contribution < -0.4 is 0 Å². The summed E-state index contributed by atoms with van der Waals surface area (Å²) in [6.45, 7) is 5.06. The van der Waals surface area contributed by atoms with Gasteiger partial charge in [0.15, 0.2) is 0 Å². The zero-order chi connectivity index (χ0) is 20.9. The van der Waals surface area contributed by atoms with E-state index in [0.29, 0.717) is 37.5 Å². The molecule has 3 aromatic rings. The van der Waals surface area contributed by atoms with Gasteiger partial charge in [-0.15, -0.1) is 11.3 Å². The van der Waals surface area contributed by atoms with Crippen molar-refractivity contribution in [2.75, 3.05) is 13.1 Å². The third-order valence-electron chi connectivity index (χ3n) is 4.56. The molecule has 0 aliphatic carbocycles. The minimum Gasteiger partial charge on any atom is -0.467 e. The minimum absolute atomic E-state index is 0.126. The summed E-state index contributed by atoms with van der Waals surface area (Å²) in [5.74, 6) is 0.424. The average molecular weight is 433 g/mol. The predicted octanol–water partition coefficient (Wildman–Crippen LogP) is 4.21. The number of hydrogen-bond donors (Lipinski definition) is 0. The van der Waals surface area contributed by atoms with Gasteiger partial charge in [0.1, 0.15) is 5.76 Å². The molecule has 0 saturated heterocycles. The number of thiophene rings is 1. The molecule has 0 saturated carbocycles. The third kappa shape index (κ3) is 4.95. The lowest BCUT2D eigenvalue weighted by molar-refractivity contribution is 0.0719. The summed E-state index contributed by atoms with van der Waals surface area (Å²) in [6.07, 6.45) is 1.57. The Bertz CT molecular complexity index is 988. The number of carbonyl (C=O) groups excluding carboxylic acids is 1. The number of carbonyl (C=O) groups is 1. The Kier molecular flexibility index (Phi) is 6.89. The quantitative estimate of drug-likeness (QED) is 0.508. The first-order chi connectivity index (χ1) is 14.0. The van der Waals surface area contributed by atoms with E-state index in [9.17, 15) is 13.2 Å². The van der Waals surface area contributed by atoms with Gasteiger partial charge in [-0.3, -0.25) is 4.79 Å². The number of sulfonamides is 1. The van der Waals surface area contributed by atoms with E-state index < -0.39 is 10.0 Å². The van der Waals surface area contributed by atoms with Crippen molar-refractivity contribution >= 4 is 27.3 Å². The van der Waals surface area contributed by atoms with Crippen LogP contribution in [-0.4, -0.2) is 36.6 Å². The first kappa shape index (κ1) is 21.3. The van der Waals surface area contributed by atoms with Crippen molar-refractivity contribution in [3.63, 3.8) is 0 Å². The highest BCUT2D eigenvalue weighted by atomic mass is 32.2. The van der Waals surface area contributed by atoms with Gasteiger partial charge in [0.25, 0.3) is 5.91 Å². The number of furan rings is 1. The summed E-state index contributed by atoms with van der Waals surface area (Å²) in [5, 5.41) is 1.96. The Hall–Kier alpha value is -2.42. The molecule has 0 N–H and O–H groups in total. The molecule has 3 rings (SSSR count). The third-order valence-corrected chi connectivity index (χ3v) is 7.47. The molecule has 154 valence electrons. The van der Waals surface area contributed by atoms with Gasteiger partial charge in [-0.2, -0.15) is 4.31 Å². The summed E-state index contributed by atoms with van der Waals surface area (Å²) >= 11 is 1.57. The van der Waals surface area contributed by atoms with E-state index in [1.165, 1.54) is 16.4 Å². The van der Waals surface area contributed by atoms with Crippen LogP contribution in [0.2, 0.25) is 0 Å². The van der Waals surface area contributed by atoms with Crippen LogP contribution in [0.15, 0.2) is 69.5 Å². The largest absolute Gasteiger partial charge is 0.467 e. The topological polar surface area (TPSA) is 70.8 Å². The number of rotatable bonds is 9. The van der Waals surface area contributed by atoms with E-state index >= 15 is 0 Å². The fourth-order valence-electron chi connectivity index (χ4n) is 3.07. The lowest BCUT2D eigenvalue weighted by Gasteiger charge is -2.22. The highest BCUT2D eigenvalue weighted by Gasteiger charge is 2.24. The molecule has 0 bridgehead atoms. The molecule has 0 spiro atoms. The van der Waals surface area contributed by atoms with Crippen LogP contribution in [0.5, 0.6) is 0 Å². The Morgan fingerprint density at radius 2 is 1.83 bits per heavy atom. The van der Waals surface area contributed by atoms with Crippen LogP contribution in [0, 0.1) is 0 Å². The Morgan fingerprint density at radius 3 is 2.45 bits per heavy atom. The maximum atomic E-state index is 13.3. The van der Waals surface area contributed by atoms with Crippen LogP contribution in [0.25, 0.3) is 0 Å². The molecular weight excluding hydrogens is 408 g/mol. The van der Waals surface area contributed by atoms with Crippen molar-refractivity contribution < 1.29 is 17.6 Å². The van der Waals surface area contributed by atoms with Gasteiger partial charge >= 0.3 is 0 Å². The summed E-state index contributed by atoms with van der Waals surface area (Å²) in [4.78, 5) is 16.1. The van der Waals surface area contributed by atoms with Crippen molar-refractivity contribution in [3.8, 4) is 0 Å². The van der Waals surface area contributed by atoms with Crippen LogP contribution in [0.3, 0.4) is 0 Å². The molecule has 0 radical (unpaired) electrons. The van der Waals surface area contributed by atoms with Crippen LogP contribution in [0.4, 0.5) is 0 Å². The second-order valence-electron chi connectivity index (χ2n) is 6.44. The SMILES string of the molecule is CCN(CC)S(=O)(=O)c1cccc(C(=O)N(Cc2ccco2)Cc2cccs2)c1.